The summed E-state index contributed by atoms with van der Waals surface area (Å²) in [6.07, 6.45) is 1.06. The monoisotopic (exact) mass is 388 g/mol. The minimum absolute atomic E-state index is 0.101. The molecule has 0 fully saturated rings. The lowest BCUT2D eigenvalue weighted by molar-refractivity contribution is 0.0983. The van der Waals surface area contributed by atoms with Crippen molar-refractivity contribution in [3.63, 3.8) is 0 Å². The summed E-state index contributed by atoms with van der Waals surface area (Å²) in [5.41, 5.74) is 5.81. The maximum Gasteiger partial charge on any atom is 0.163 e. The van der Waals surface area contributed by atoms with Crippen LogP contribution in [0.1, 0.15) is 33.7 Å². The zero-order valence-electron chi connectivity index (χ0n) is 15.9. The molecule has 0 unspecified atom stereocenters. The number of fused-ring (bicyclic) bond motifs is 1. The van der Waals surface area contributed by atoms with Gasteiger partial charge in [0, 0.05) is 22.7 Å². The molecule has 1 aromatic heterocycles. The van der Waals surface area contributed by atoms with E-state index in [4.69, 9.17) is 11.6 Å². The van der Waals surface area contributed by atoms with Crippen molar-refractivity contribution in [3.8, 4) is 5.69 Å². The van der Waals surface area contributed by atoms with Crippen molar-refractivity contribution < 1.29 is 4.79 Å². The fourth-order valence-corrected chi connectivity index (χ4v) is 3.79. The Labute approximate surface area is 169 Å². The standard InChI is InChI=1S/C24H21ClN2O/c1-16-6-5-8-20(14-16)27-17(2)26-22-15-19(10-12-23(22)27)24(28)13-11-18-7-3-4-9-21(18)25/h3-10,12,14-15H,11,13H2,1-2H3. The molecule has 0 atom stereocenters. The summed E-state index contributed by atoms with van der Waals surface area (Å²) in [5, 5.41) is 0.707. The largest absolute Gasteiger partial charge is 0.297 e. The van der Waals surface area contributed by atoms with Gasteiger partial charge in [-0.05, 0) is 67.8 Å². The van der Waals surface area contributed by atoms with Crippen molar-refractivity contribution in [2.75, 3.05) is 0 Å². The van der Waals surface area contributed by atoms with Crippen LogP contribution in [0.3, 0.4) is 0 Å². The zero-order chi connectivity index (χ0) is 19.7. The van der Waals surface area contributed by atoms with Crippen molar-refractivity contribution in [2.45, 2.75) is 26.7 Å². The highest BCUT2D eigenvalue weighted by atomic mass is 35.5. The normalized spacial score (nSPS) is 11.1. The third kappa shape index (κ3) is 3.58. The number of carbonyl (C=O) groups excluding carboxylic acids is 1. The second-order valence-corrected chi connectivity index (χ2v) is 7.46. The number of nitrogens with zero attached hydrogens (tertiary/aromatic N) is 2. The molecule has 4 heteroatoms. The van der Waals surface area contributed by atoms with Gasteiger partial charge < -0.3 is 0 Å². The Morgan fingerprint density at radius 1 is 1.00 bits per heavy atom. The Morgan fingerprint density at radius 2 is 1.82 bits per heavy atom. The summed E-state index contributed by atoms with van der Waals surface area (Å²) in [5.74, 6) is 1.01. The van der Waals surface area contributed by atoms with E-state index in [0.29, 0.717) is 23.4 Å². The molecular formula is C24H21ClN2O. The van der Waals surface area contributed by atoms with Crippen LogP contribution in [0.15, 0.2) is 66.7 Å². The SMILES string of the molecule is Cc1cccc(-n2c(C)nc3cc(C(=O)CCc4ccccc4Cl)ccc32)c1. The van der Waals surface area contributed by atoms with Crippen LogP contribution in [-0.2, 0) is 6.42 Å². The van der Waals surface area contributed by atoms with Gasteiger partial charge in [-0.1, -0.05) is 41.9 Å². The number of benzene rings is 3. The fraction of sp³-hybridized carbons (Fsp3) is 0.167. The molecule has 28 heavy (non-hydrogen) atoms. The number of imidazole rings is 1. The highest BCUT2D eigenvalue weighted by molar-refractivity contribution is 6.31. The number of carbonyl (C=O) groups is 1. The topological polar surface area (TPSA) is 34.9 Å². The third-order valence-corrected chi connectivity index (χ3v) is 5.35. The van der Waals surface area contributed by atoms with E-state index in [-0.39, 0.29) is 5.78 Å². The molecule has 0 spiro atoms. The van der Waals surface area contributed by atoms with Gasteiger partial charge in [0.1, 0.15) is 5.82 Å². The molecule has 0 aliphatic heterocycles. The first-order chi connectivity index (χ1) is 13.5. The number of Topliss-reactive ketones (excluding diaryl/α,β-unsaturated/α-hetero) is 1. The summed E-state index contributed by atoms with van der Waals surface area (Å²) < 4.78 is 2.13. The summed E-state index contributed by atoms with van der Waals surface area (Å²) in [6.45, 7) is 4.06. The second kappa shape index (κ2) is 7.61. The number of halogens is 1. The number of rotatable bonds is 5. The molecule has 0 aliphatic carbocycles. The molecule has 1 heterocycles. The van der Waals surface area contributed by atoms with E-state index in [0.717, 1.165) is 28.1 Å². The minimum atomic E-state index is 0.101. The smallest absolute Gasteiger partial charge is 0.163 e. The first kappa shape index (κ1) is 18.5. The van der Waals surface area contributed by atoms with Crippen molar-refractivity contribution in [3.05, 3.63) is 94.3 Å². The molecular weight excluding hydrogens is 368 g/mol. The fourth-order valence-electron chi connectivity index (χ4n) is 3.56. The van der Waals surface area contributed by atoms with Crippen molar-refractivity contribution in [2.24, 2.45) is 0 Å². The number of aromatic nitrogens is 2. The molecule has 3 nitrogen and oxygen atoms in total. The first-order valence-electron chi connectivity index (χ1n) is 9.35. The lowest BCUT2D eigenvalue weighted by atomic mass is 10.0. The van der Waals surface area contributed by atoms with E-state index >= 15 is 0 Å². The van der Waals surface area contributed by atoms with Gasteiger partial charge in [-0.3, -0.25) is 9.36 Å². The predicted octanol–water partition coefficient (Wildman–Crippen LogP) is 6.11. The summed E-state index contributed by atoms with van der Waals surface area (Å²) in [4.78, 5) is 17.4. The molecule has 0 bridgehead atoms. The molecule has 140 valence electrons. The highest BCUT2D eigenvalue weighted by Gasteiger charge is 2.13. The number of aryl methyl sites for hydroxylation is 3. The molecule has 0 saturated carbocycles. The molecule has 0 radical (unpaired) electrons. The quantitative estimate of drug-likeness (QED) is 0.386. The minimum Gasteiger partial charge on any atom is -0.297 e. The molecule has 0 aliphatic rings. The Balaban J connectivity index is 1.62. The van der Waals surface area contributed by atoms with Crippen molar-refractivity contribution >= 4 is 28.4 Å². The van der Waals surface area contributed by atoms with Gasteiger partial charge in [0.15, 0.2) is 5.78 Å². The van der Waals surface area contributed by atoms with Crippen LogP contribution in [-0.4, -0.2) is 15.3 Å². The third-order valence-electron chi connectivity index (χ3n) is 4.98. The van der Waals surface area contributed by atoms with Crippen LogP contribution < -0.4 is 0 Å². The summed E-state index contributed by atoms with van der Waals surface area (Å²) in [6, 6.07) is 21.8. The van der Waals surface area contributed by atoms with Crippen LogP contribution in [0.4, 0.5) is 0 Å². The zero-order valence-corrected chi connectivity index (χ0v) is 16.7. The van der Waals surface area contributed by atoms with Gasteiger partial charge in [0.25, 0.3) is 0 Å². The molecule has 0 amide bonds. The van der Waals surface area contributed by atoms with E-state index < -0.39 is 0 Å². The van der Waals surface area contributed by atoms with Crippen LogP contribution >= 0.6 is 11.6 Å². The van der Waals surface area contributed by atoms with E-state index in [2.05, 4.69) is 34.7 Å². The molecule has 0 saturated heterocycles. The van der Waals surface area contributed by atoms with Crippen LogP contribution in [0.2, 0.25) is 5.02 Å². The Bertz CT molecular complexity index is 1180. The maximum absolute atomic E-state index is 12.7. The van der Waals surface area contributed by atoms with Crippen LogP contribution in [0.5, 0.6) is 0 Å². The summed E-state index contributed by atoms with van der Waals surface area (Å²) >= 11 is 6.20. The maximum atomic E-state index is 12.7. The van der Waals surface area contributed by atoms with E-state index in [1.807, 2.05) is 55.5 Å². The number of hydrogen-bond donors (Lipinski definition) is 0. The number of hydrogen-bond acceptors (Lipinski definition) is 2. The van der Waals surface area contributed by atoms with Gasteiger partial charge in [-0.25, -0.2) is 4.98 Å². The highest BCUT2D eigenvalue weighted by Crippen LogP contribution is 2.24. The van der Waals surface area contributed by atoms with Gasteiger partial charge >= 0.3 is 0 Å². The molecule has 3 aromatic carbocycles. The second-order valence-electron chi connectivity index (χ2n) is 7.05. The summed E-state index contributed by atoms with van der Waals surface area (Å²) in [7, 11) is 0. The van der Waals surface area contributed by atoms with Crippen LogP contribution in [0, 0.1) is 13.8 Å². The lowest BCUT2D eigenvalue weighted by Crippen LogP contribution is -2.02. The lowest BCUT2D eigenvalue weighted by Gasteiger charge is -2.08. The number of ketones is 1. The Kier molecular flexibility index (Phi) is 5.01. The average molecular weight is 389 g/mol. The molecule has 4 aromatic rings. The van der Waals surface area contributed by atoms with E-state index in [1.165, 1.54) is 5.56 Å². The molecule has 0 N–H and O–H groups in total. The Hall–Kier alpha value is -2.91. The van der Waals surface area contributed by atoms with Gasteiger partial charge in [0.2, 0.25) is 0 Å². The van der Waals surface area contributed by atoms with E-state index in [1.54, 1.807) is 0 Å². The van der Waals surface area contributed by atoms with Crippen molar-refractivity contribution in [1.29, 1.82) is 0 Å². The Morgan fingerprint density at radius 3 is 2.61 bits per heavy atom. The van der Waals surface area contributed by atoms with Gasteiger partial charge in [-0.2, -0.15) is 0 Å². The van der Waals surface area contributed by atoms with Crippen LogP contribution in [0.25, 0.3) is 16.7 Å². The van der Waals surface area contributed by atoms with Gasteiger partial charge in [0.05, 0.1) is 11.0 Å². The molecule has 4 rings (SSSR count). The van der Waals surface area contributed by atoms with Gasteiger partial charge in [-0.15, -0.1) is 0 Å². The first-order valence-corrected chi connectivity index (χ1v) is 9.73. The average Bonchev–Trinajstić information content (AvgIpc) is 3.02. The van der Waals surface area contributed by atoms with E-state index in [9.17, 15) is 4.79 Å². The predicted molar refractivity (Wildman–Crippen MR) is 115 cm³/mol. The van der Waals surface area contributed by atoms with Crippen molar-refractivity contribution in [1.82, 2.24) is 9.55 Å².